The number of carboxylic acids is 4. The molecule has 10 rings (SSSR count). The second kappa shape index (κ2) is 53.0. The first kappa shape index (κ1) is 89.1. The lowest BCUT2D eigenvalue weighted by molar-refractivity contribution is -0.904. The highest BCUT2D eigenvalue weighted by Crippen LogP contribution is 2.21. The van der Waals surface area contributed by atoms with Crippen molar-refractivity contribution < 1.29 is 108 Å². The van der Waals surface area contributed by atoms with Crippen LogP contribution in [0.4, 0.5) is 0 Å². The molecule has 0 radical (unpaired) electrons. The number of ketones is 4. The summed E-state index contributed by atoms with van der Waals surface area (Å²) in [6.45, 7) is 18.0. The van der Waals surface area contributed by atoms with Crippen LogP contribution < -0.4 is 45.2 Å². The SMILES string of the molecule is C1CCNCC1.C1CC[NH2+]CC1.C=O.CC(=O)c1ccc(C(=O)O)cc1.Cc1ccc(OOSCCC(=O)c2ccc(C(=O)O)cc2)cc1.Cc1ccc(S)cc1.Cc1ccc(SCCC(=O)c2ccc(C(=O)O)cc2)cc1.O=C(O)c1ccc(C(=O)CC[NH+]2CCCCC2)cc1.[Cl-].[Cl-]. The lowest BCUT2D eigenvalue weighted by Gasteiger charge is -2.23. The molecule has 0 spiro atoms. The first-order valence-electron chi connectivity index (χ1n) is 32.3. The molecule has 8 N–H and O–H groups in total. The number of nitrogens with two attached hydrogens (primary N) is 1. The number of rotatable bonds is 21. The molecule has 3 fully saturated rings. The normalized spacial score (nSPS) is 12.5. The van der Waals surface area contributed by atoms with E-state index in [1.165, 1.54) is 193 Å². The first-order chi connectivity index (χ1) is 46.7. The second-order valence-corrected chi connectivity index (χ2v) is 25.2. The molecule has 18 nitrogen and oxygen atoms in total. The molecule has 3 saturated heterocycles. The zero-order chi connectivity index (χ0) is 71.2. The summed E-state index contributed by atoms with van der Waals surface area (Å²) in [5.41, 5.74) is 6.58. The number of aryl methyl sites for hydroxylation is 3. The van der Waals surface area contributed by atoms with Crippen LogP contribution in [0.15, 0.2) is 180 Å². The molecule has 0 aromatic heterocycles. The highest BCUT2D eigenvalue weighted by Gasteiger charge is 2.17. The second-order valence-electron chi connectivity index (χ2n) is 22.7. The Bertz CT molecular complexity index is 3370. The zero-order valence-corrected chi connectivity index (χ0v) is 60.6. The van der Waals surface area contributed by atoms with Crippen LogP contribution in [-0.4, -0.2) is 132 Å². The Morgan fingerprint density at radius 3 is 1.13 bits per heavy atom. The maximum absolute atomic E-state index is 12.0. The Kier molecular flexibility index (Phi) is 47.7. The van der Waals surface area contributed by atoms with E-state index in [1.54, 1.807) is 48.2 Å². The zero-order valence-electron chi connectivity index (χ0n) is 56.6. The number of quaternary nitrogens is 2. The molecule has 99 heavy (non-hydrogen) atoms. The number of carboxylic acid groups (broad SMARTS) is 4. The number of hydrogen-bond donors (Lipinski definition) is 8. The Morgan fingerprint density at radius 1 is 0.455 bits per heavy atom. The van der Waals surface area contributed by atoms with Gasteiger partial charge in [-0.25, -0.2) is 19.2 Å². The van der Waals surface area contributed by atoms with Crippen molar-refractivity contribution in [3.63, 3.8) is 0 Å². The number of Topliss-reactive ketones (excluding diaryl/α,β-unsaturated/α-hetero) is 4. The quantitative estimate of drug-likeness (QED) is 0.00671. The Hall–Kier alpha value is -7.96. The van der Waals surface area contributed by atoms with E-state index in [9.17, 15) is 38.4 Å². The predicted molar refractivity (Wildman–Crippen MR) is 385 cm³/mol. The number of nitrogens with one attached hydrogen (secondary N) is 2. The first-order valence-corrected chi connectivity index (χ1v) is 34.6. The van der Waals surface area contributed by atoms with Gasteiger partial charge >= 0.3 is 23.9 Å². The van der Waals surface area contributed by atoms with Crippen LogP contribution in [0.1, 0.15) is 184 Å². The standard InChI is InChI=1S/C17H16O5S.C17H16O3S.C15H19NO3.C9H8O3.C7H8S.2C5H11N.CH2O.2ClH/c1-12-2-8-15(9-3-12)21-22-23-11-10-16(18)13-4-6-14(7-5-13)17(19)20;1-12-2-8-15(9-3-12)21-11-10-16(18)13-4-6-14(7-5-13)17(19)20;17-14(8-11-16-9-2-1-3-10-16)12-4-6-13(7-5-12)15(18)19;1-6(10)7-2-4-8(5-3-7)9(11)12;1-6-2-4-7(8)5-3-6;2*1-2-4-6-5-3-1;1-2;;/h2-9H,10-11H2,1H3,(H,19,20);2-9H,10-11H2,1H3,(H,19,20);4-7H,1-3,8-11H2,(H,18,19);2-5H,1H3,(H,11,12);2-5,8H,1H3;2*6H,1-5H2;1H2;2*1H. The van der Waals surface area contributed by atoms with Crippen LogP contribution in [0.3, 0.4) is 0 Å². The molecular formula is C76H93Cl2N3O15S3. The van der Waals surface area contributed by atoms with Gasteiger partial charge in [0.15, 0.2) is 28.9 Å². The van der Waals surface area contributed by atoms with Crippen LogP contribution in [-0.2, 0) is 9.13 Å². The fraction of sp³-hybridized carbons (Fsp3) is 0.329. The molecule has 0 saturated carbocycles. The van der Waals surface area contributed by atoms with Gasteiger partial charge in [0.25, 0.3) is 0 Å². The van der Waals surface area contributed by atoms with Crippen LogP contribution in [0, 0.1) is 20.8 Å². The number of aromatic carboxylic acids is 4. The van der Waals surface area contributed by atoms with Crippen LogP contribution in [0.25, 0.3) is 0 Å². The molecule has 7 aromatic carbocycles. The third-order valence-electron chi connectivity index (χ3n) is 15.0. The molecule has 3 aliphatic rings. The van der Waals surface area contributed by atoms with Gasteiger partial charge in [-0.15, -0.1) is 28.7 Å². The fourth-order valence-electron chi connectivity index (χ4n) is 9.24. The van der Waals surface area contributed by atoms with Crippen molar-refractivity contribution in [2.45, 2.75) is 115 Å². The van der Waals surface area contributed by atoms with Crippen molar-refractivity contribution in [2.75, 3.05) is 57.3 Å². The van der Waals surface area contributed by atoms with Gasteiger partial charge in [-0.1, -0.05) is 108 Å². The van der Waals surface area contributed by atoms with Gasteiger partial charge < -0.3 is 70.5 Å². The van der Waals surface area contributed by atoms with Gasteiger partial charge in [0, 0.05) is 68.4 Å². The highest BCUT2D eigenvalue weighted by atomic mass is 35.5. The smallest absolute Gasteiger partial charge is 0.335 e. The lowest BCUT2D eigenvalue weighted by Crippen LogP contribution is -3.12. The molecule has 23 heteroatoms. The summed E-state index contributed by atoms with van der Waals surface area (Å²) in [4.78, 5) is 106. The van der Waals surface area contributed by atoms with Crippen molar-refractivity contribution in [3.8, 4) is 5.75 Å². The minimum atomic E-state index is -1.01. The van der Waals surface area contributed by atoms with E-state index in [2.05, 4.69) is 42.3 Å². The van der Waals surface area contributed by atoms with Crippen molar-refractivity contribution in [2.24, 2.45) is 0 Å². The van der Waals surface area contributed by atoms with Gasteiger partial charge in [0.2, 0.25) is 0 Å². The molecule has 0 unspecified atom stereocenters. The van der Waals surface area contributed by atoms with Crippen molar-refractivity contribution in [3.05, 3.63) is 231 Å². The van der Waals surface area contributed by atoms with Crippen LogP contribution in [0.5, 0.6) is 5.75 Å². The Labute approximate surface area is 608 Å². The third kappa shape index (κ3) is 39.4. The molecule has 0 bridgehead atoms. The average Bonchev–Trinajstić information content (AvgIpc) is 1.06. The van der Waals surface area contributed by atoms with Gasteiger partial charge in [-0.05, 0) is 177 Å². The largest absolute Gasteiger partial charge is 1.00 e. The van der Waals surface area contributed by atoms with Gasteiger partial charge in [0.05, 0.1) is 61.4 Å². The average molecular weight is 1460 g/mol. The summed E-state index contributed by atoms with van der Waals surface area (Å²) in [5.74, 6) is -2.19. The maximum atomic E-state index is 12.0. The van der Waals surface area contributed by atoms with E-state index in [4.69, 9.17) is 34.4 Å². The van der Waals surface area contributed by atoms with Crippen molar-refractivity contribution in [1.82, 2.24) is 5.32 Å². The van der Waals surface area contributed by atoms with Gasteiger partial charge in [-0.2, -0.15) is 0 Å². The number of benzene rings is 7. The topological polar surface area (TPSA) is 286 Å². The summed E-state index contributed by atoms with van der Waals surface area (Å²) in [6.07, 6.45) is 13.7. The molecule has 3 aliphatic heterocycles. The number of thiol groups is 1. The summed E-state index contributed by atoms with van der Waals surface area (Å²) in [5, 5.41) is 40.6. The fourth-order valence-corrected chi connectivity index (χ4v) is 10.7. The minimum absolute atomic E-state index is 0. The number of thioether (sulfide) groups is 1. The van der Waals surface area contributed by atoms with Gasteiger partial charge in [-0.3, -0.25) is 19.2 Å². The molecule has 3 heterocycles. The van der Waals surface area contributed by atoms with E-state index in [0.717, 1.165) is 33.9 Å². The van der Waals surface area contributed by atoms with E-state index in [0.29, 0.717) is 52.4 Å². The molecule has 0 amide bonds. The van der Waals surface area contributed by atoms with Crippen LogP contribution in [0.2, 0.25) is 0 Å². The number of halogens is 2. The Morgan fingerprint density at radius 2 is 0.798 bits per heavy atom. The van der Waals surface area contributed by atoms with E-state index in [1.807, 2.05) is 69.2 Å². The summed E-state index contributed by atoms with van der Waals surface area (Å²) >= 11 is 6.82. The number of carbonyl (C=O) groups is 9. The molecular weight excluding hydrogens is 1360 g/mol. The number of likely N-dealkylation sites (tertiary alicyclic amines) is 1. The van der Waals surface area contributed by atoms with Crippen molar-refractivity contribution >= 4 is 90.2 Å². The Balaban J connectivity index is 0.000000600. The van der Waals surface area contributed by atoms with Crippen molar-refractivity contribution in [1.29, 1.82) is 0 Å². The van der Waals surface area contributed by atoms with E-state index in [-0.39, 0.29) is 76.6 Å². The maximum Gasteiger partial charge on any atom is 0.335 e. The monoisotopic (exact) mass is 1450 g/mol. The highest BCUT2D eigenvalue weighted by molar-refractivity contribution is 7.99. The summed E-state index contributed by atoms with van der Waals surface area (Å²) < 4.78 is 4.98. The third-order valence-corrected chi connectivity index (χ3v) is 16.8. The molecule has 7 aromatic rings. The lowest BCUT2D eigenvalue weighted by atomic mass is 10.0. The minimum Gasteiger partial charge on any atom is -1.00 e. The van der Waals surface area contributed by atoms with Crippen LogP contribution >= 0.6 is 36.4 Å². The molecule has 534 valence electrons. The summed E-state index contributed by atoms with van der Waals surface area (Å²) in [7, 11) is 0. The molecule has 0 atom stereocenters. The van der Waals surface area contributed by atoms with E-state index < -0.39 is 23.9 Å². The van der Waals surface area contributed by atoms with Gasteiger partial charge in [0.1, 0.15) is 6.79 Å². The van der Waals surface area contributed by atoms with E-state index >= 15 is 0 Å². The summed E-state index contributed by atoms with van der Waals surface area (Å²) in [6, 6.07) is 47.6. The number of carbonyl (C=O) groups excluding carboxylic acids is 5. The number of hydrogen-bond acceptors (Lipinski definition) is 15. The predicted octanol–water partition coefficient (Wildman–Crippen LogP) is 7.20. The molecule has 0 aliphatic carbocycles. The number of piperidine rings is 3.